The number of alkyl halides is 3. The van der Waals surface area contributed by atoms with Gasteiger partial charge in [0.2, 0.25) is 0 Å². The summed E-state index contributed by atoms with van der Waals surface area (Å²) in [7, 11) is 0. The van der Waals surface area contributed by atoms with Gasteiger partial charge >= 0.3 is 6.18 Å². The molecule has 0 aromatic heterocycles. The van der Waals surface area contributed by atoms with Crippen LogP contribution in [0.25, 0.3) is 0 Å². The van der Waals surface area contributed by atoms with Crippen LogP contribution >= 0.6 is 0 Å². The molecule has 10 heavy (non-hydrogen) atoms. The van der Waals surface area contributed by atoms with Gasteiger partial charge < -0.3 is 5.43 Å². The van der Waals surface area contributed by atoms with Crippen LogP contribution in [-0.2, 0) is 0 Å². The summed E-state index contributed by atoms with van der Waals surface area (Å²) in [6.07, 6.45) is -2.00. The second kappa shape index (κ2) is 2.32. The molecule has 1 aliphatic heterocycles. The molecule has 0 saturated carbocycles. The minimum absolute atomic E-state index is 0.361. The summed E-state index contributed by atoms with van der Waals surface area (Å²) in [5.41, 5.74) is 1.35. The van der Waals surface area contributed by atoms with E-state index in [2.05, 4.69) is 10.5 Å². The molecule has 1 rings (SSSR count). The minimum atomic E-state index is -4.33. The fourth-order valence-corrected chi connectivity index (χ4v) is 0.549. The topological polar surface area (TPSA) is 24.4 Å². The molecule has 0 unspecified atom stereocenters. The van der Waals surface area contributed by atoms with Crippen LogP contribution < -0.4 is 5.43 Å². The van der Waals surface area contributed by atoms with Crippen LogP contribution in [0, 0.1) is 0 Å². The highest BCUT2D eigenvalue weighted by Crippen LogP contribution is 2.18. The Bertz CT molecular complexity index is 180. The van der Waals surface area contributed by atoms with Crippen LogP contribution in [0.15, 0.2) is 17.3 Å². The number of hydrazone groups is 1. The monoisotopic (exact) mass is 150 g/mol. The predicted molar refractivity (Wildman–Crippen MR) is 30.6 cm³/mol. The Morgan fingerprint density at radius 1 is 1.50 bits per heavy atom. The van der Waals surface area contributed by atoms with E-state index >= 15 is 0 Å². The Kier molecular flexibility index (Phi) is 1.65. The molecule has 2 nitrogen and oxygen atoms in total. The Balaban J connectivity index is 2.73. The van der Waals surface area contributed by atoms with Crippen molar-refractivity contribution >= 4 is 5.71 Å². The molecule has 1 aliphatic rings. The number of nitrogens with one attached hydrogen (secondary N) is 1. The molecule has 5 heteroatoms. The summed E-state index contributed by atoms with van der Waals surface area (Å²) >= 11 is 0. The Labute approximate surface area is 55.4 Å². The van der Waals surface area contributed by atoms with E-state index in [9.17, 15) is 13.2 Å². The smallest absolute Gasteiger partial charge is 0.306 e. The summed E-state index contributed by atoms with van der Waals surface area (Å²) in [6, 6.07) is 0. The van der Waals surface area contributed by atoms with Gasteiger partial charge in [0.15, 0.2) is 5.71 Å². The van der Waals surface area contributed by atoms with Crippen LogP contribution in [0.5, 0.6) is 0 Å². The van der Waals surface area contributed by atoms with Crippen molar-refractivity contribution < 1.29 is 13.2 Å². The molecule has 1 N–H and O–H groups in total. The van der Waals surface area contributed by atoms with E-state index in [0.717, 1.165) is 6.08 Å². The van der Waals surface area contributed by atoms with Crippen molar-refractivity contribution in [3.05, 3.63) is 12.2 Å². The van der Waals surface area contributed by atoms with Gasteiger partial charge in [0.05, 0.1) is 6.54 Å². The number of hydrogen-bond acceptors (Lipinski definition) is 2. The molecule has 0 spiro atoms. The van der Waals surface area contributed by atoms with Gasteiger partial charge in [-0.25, -0.2) is 0 Å². The third kappa shape index (κ3) is 1.49. The molecule has 0 fully saturated rings. The van der Waals surface area contributed by atoms with Crippen LogP contribution in [0.1, 0.15) is 0 Å². The largest absolute Gasteiger partial charge is 0.435 e. The van der Waals surface area contributed by atoms with Crippen molar-refractivity contribution in [2.24, 2.45) is 5.10 Å². The molecule has 0 aromatic carbocycles. The lowest BCUT2D eigenvalue weighted by molar-refractivity contribution is -0.0582. The normalized spacial score (nSPS) is 18.1. The van der Waals surface area contributed by atoms with E-state index in [-0.39, 0.29) is 0 Å². The van der Waals surface area contributed by atoms with Crippen LogP contribution in [-0.4, -0.2) is 18.4 Å². The summed E-state index contributed by atoms with van der Waals surface area (Å²) < 4.78 is 35.2. The SMILES string of the molecule is FC(F)(F)C1=NNCC=C1. The van der Waals surface area contributed by atoms with Crippen molar-refractivity contribution in [3.63, 3.8) is 0 Å². The summed E-state index contributed by atoms with van der Waals surface area (Å²) in [5.74, 6) is 0. The lowest BCUT2D eigenvalue weighted by atomic mass is 10.3. The van der Waals surface area contributed by atoms with Gasteiger partial charge in [0.25, 0.3) is 0 Å². The van der Waals surface area contributed by atoms with E-state index in [0.29, 0.717) is 6.54 Å². The molecular formula is C5H5F3N2. The van der Waals surface area contributed by atoms with Crippen molar-refractivity contribution in [1.82, 2.24) is 5.43 Å². The first kappa shape index (κ1) is 7.11. The number of rotatable bonds is 0. The maximum atomic E-state index is 11.7. The zero-order valence-corrected chi connectivity index (χ0v) is 4.94. The first-order valence-corrected chi connectivity index (χ1v) is 2.65. The maximum Gasteiger partial charge on any atom is 0.435 e. The molecule has 56 valence electrons. The van der Waals surface area contributed by atoms with Crippen molar-refractivity contribution in [2.45, 2.75) is 6.18 Å². The predicted octanol–water partition coefficient (Wildman–Crippen LogP) is 1.06. The third-order valence-corrected chi connectivity index (χ3v) is 0.975. The lowest BCUT2D eigenvalue weighted by Crippen LogP contribution is -2.26. The standard InChI is InChI=1S/C5H5F3N2/c6-5(7,8)4-2-1-3-9-10-4/h1-2,9H,3H2. The number of hydrogen-bond donors (Lipinski definition) is 1. The van der Waals surface area contributed by atoms with E-state index < -0.39 is 11.9 Å². The Morgan fingerprint density at radius 2 is 2.20 bits per heavy atom. The zero-order valence-electron chi connectivity index (χ0n) is 4.94. The average molecular weight is 150 g/mol. The van der Waals surface area contributed by atoms with Crippen molar-refractivity contribution in [3.8, 4) is 0 Å². The maximum absolute atomic E-state index is 11.7. The van der Waals surface area contributed by atoms with Gasteiger partial charge in [0.1, 0.15) is 0 Å². The number of nitrogens with zero attached hydrogens (tertiary/aromatic N) is 1. The Morgan fingerprint density at radius 3 is 2.50 bits per heavy atom. The van der Waals surface area contributed by atoms with Gasteiger partial charge in [-0.15, -0.1) is 0 Å². The van der Waals surface area contributed by atoms with Crippen LogP contribution in [0.3, 0.4) is 0 Å². The molecular weight excluding hydrogens is 145 g/mol. The highest BCUT2D eigenvalue weighted by molar-refractivity contribution is 5.99. The van der Waals surface area contributed by atoms with Gasteiger partial charge in [0, 0.05) is 0 Å². The molecule has 0 aromatic rings. The van der Waals surface area contributed by atoms with Crippen molar-refractivity contribution in [1.29, 1.82) is 0 Å². The molecule has 0 bridgehead atoms. The van der Waals surface area contributed by atoms with E-state index in [1.165, 1.54) is 6.08 Å². The second-order valence-electron chi connectivity index (χ2n) is 1.76. The minimum Gasteiger partial charge on any atom is -0.306 e. The fraction of sp³-hybridized carbons (Fsp3) is 0.400. The molecule has 0 amide bonds. The molecule has 1 heterocycles. The number of halogens is 3. The van der Waals surface area contributed by atoms with Gasteiger partial charge in [-0.3, -0.25) is 0 Å². The summed E-state index contributed by atoms with van der Waals surface area (Å²) in [5, 5.41) is 3.06. The zero-order chi connectivity index (χ0) is 7.61. The first-order valence-electron chi connectivity index (χ1n) is 2.65. The second-order valence-corrected chi connectivity index (χ2v) is 1.76. The van der Waals surface area contributed by atoms with Gasteiger partial charge in [-0.2, -0.15) is 18.3 Å². The Hall–Kier alpha value is -1.00. The highest BCUT2D eigenvalue weighted by atomic mass is 19.4. The van der Waals surface area contributed by atoms with E-state index in [1.54, 1.807) is 0 Å². The number of allylic oxidation sites excluding steroid dienone is 1. The molecule has 0 aliphatic carbocycles. The lowest BCUT2D eigenvalue weighted by Gasteiger charge is -2.09. The van der Waals surface area contributed by atoms with E-state index in [1.807, 2.05) is 0 Å². The third-order valence-electron chi connectivity index (χ3n) is 0.975. The van der Waals surface area contributed by atoms with Crippen LogP contribution in [0.4, 0.5) is 13.2 Å². The first-order chi connectivity index (χ1) is 4.61. The average Bonchev–Trinajstić information content (AvgIpc) is 1.88. The van der Waals surface area contributed by atoms with Crippen LogP contribution in [0.2, 0.25) is 0 Å². The van der Waals surface area contributed by atoms with Gasteiger partial charge in [-0.1, -0.05) is 6.08 Å². The summed E-state index contributed by atoms with van der Waals surface area (Å²) in [6.45, 7) is 0.361. The highest BCUT2D eigenvalue weighted by Gasteiger charge is 2.34. The van der Waals surface area contributed by atoms with E-state index in [4.69, 9.17) is 0 Å². The van der Waals surface area contributed by atoms with Crippen molar-refractivity contribution in [2.75, 3.05) is 6.54 Å². The molecule has 0 atom stereocenters. The quantitative estimate of drug-likeness (QED) is 0.548. The van der Waals surface area contributed by atoms with Gasteiger partial charge in [-0.05, 0) is 6.08 Å². The fourth-order valence-electron chi connectivity index (χ4n) is 0.549. The molecule has 0 saturated heterocycles. The molecule has 0 radical (unpaired) electrons. The summed E-state index contributed by atoms with van der Waals surface area (Å²) in [4.78, 5) is 0.